The van der Waals surface area contributed by atoms with Crippen molar-refractivity contribution in [2.45, 2.75) is 25.8 Å². The van der Waals surface area contributed by atoms with Crippen molar-refractivity contribution in [1.82, 2.24) is 19.5 Å². The molecular formula is C27H21ClN6O. The van der Waals surface area contributed by atoms with Crippen molar-refractivity contribution in [2.24, 2.45) is 0 Å². The molecule has 2 heterocycles. The molecule has 2 aromatic heterocycles. The lowest BCUT2D eigenvalue weighted by Crippen LogP contribution is -2.28. The van der Waals surface area contributed by atoms with Gasteiger partial charge in [0.25, 0.3) is 5.56 Å². The quantitative estimate of drug-likeness (QED) is 0.329. The Kier molecular flexibility index (Phi) is 6.13. The molecule has 0 bridgehead atoms. The summed E-state index contributed by atoms with van der Waals surface area (Å²) in [6.45, 7) is 2.07. The molecule has 0 aliphatic rings. The second kappa shape index (κ2) is 9.53. The zero-order valence-corrected chi connectivity index (χ0v) is 19.7. The number of nitriles is 1. The topological polar surface area (TPSA) is 96.5 Å². The summed E-state index contributed by atoms with van der Waals surface area (Å²) in [5, 5.41) is 14.3. The van der Waals surface area contributed by atoms with E-state index >= 15 is 0 Å². The summed E-state index contributed by atoms with van der Waals surface area (Å²) in [7, 11) is 0. The second-order valence-electron chi connectivity index (χ2n) is 8.13. The number of aromatic nitrogens is 4. The Morgan fingerprint density at radius 1 is 1.06 bits per heavy atom. The van der Waals surface area contributed by atoms with Gasteiger partial charge in [-0.3, -0.25) is 9.36 Å². The van der Waals surface area contributed by atoms with Crippen LogP contribution in [-0.2, 0) is 0 Å². The largest absolute Gasteiger partial charge is 0.359 e. The maximum atomic E-state index is 13.8. The summed E-state index contributed by atoms with van der Waals surface area (Å²) in [5.74, 6) is 1.13. The van der Waals surface area contributed by atoms with Crippen molar-refractivity contribution >= 4 is 39.2 Å². The minimum Gasteiger partial charge on any atom is -0.359 e. The minimum atomic E-state index is -0.347. The molecule has 172 valence electrons. The summed E-state index contributed by atoms with van der Waals surface area (Å²) in [5.41, 5.74) is 2.23. The molecule has 3 aromatic carbocycles. The standard InChI is InChI=1S/C27H21ClN6O/c1-2-7-23(32-25-19-14-17(15-29)12-13-21(19)30-16-31-25)26-33-22-11-6-10-20(28)24(22)27(35)34(26)18-8-4-3-5-9-18/h3-6,8-14,16,23H,2,7H2,1H3,(H,30,31,32). The molecule has 0 spiro atoms. The van der Waals surface area contributed by atoms with Gasteiger partial charge >= 0.3 is 0 Å². The average Bonchev–Trinajstić information content (AvgIpc) is 2.88. The second-order valence-corrected chi connectivity index (χ2v) is 8.54. The van der Waals surface area contributed by atoms with Crippen molar-refractivity contribution in [3.8, 4) is 11.8 Å². The van der Waals surface area contributed by atoms with Crippen LogP contribution >= 0.6 is 11.6 Å². The maximum Gasteiger partial charge on any atom is 0.267 e. The van der Waals surface area contributed by atoms with Gasteiger partial charge in [0.15, 0.2) is 0 Å². The van der Waals surface area contributed by atoms with Gasteiger partial charge in [0.1, 0.15) is 18.0 Å². The maximum absolute atomic E-state index is 13.8. The number of anilines is 1. The van der Waals surface area contributed by atoms with Crippen molar-refractivity contribution in [3.05, 3.63) is 99.8 Å². The number of fused-ring (bicyclic) bond motifs is 2. The predicted octanol–water partition coefficient (Wildman–Crippen LogP) is 5.81. The Balaban J connectivity index is 1.74. The first kappa shape index (κ1) is 22.5. The molecule has 0 aliphatic carbocycles. The molecule has 8 heteroatoms. The summed E-state index contributed by atoms with van der Waals surface area (Å²) >= 11 is 6.43. The van der Waals surface area contributed by atoms with Gasteiger partial charge in [-0.1, -0.05) is 49.2 Å². The van der Waals surface area contributed by atoms with Crippen LogP contribution in [0.4, 0.5) is 5.82 Å². The molecule has 5 aromatic rings. The third-order valence-electron chi connectivity index (χ3n) is 5.85. The summed E-state index contributed by atoms with van der Waals surface area (Å²) < 4.78 is 1.62. The number of benzene rings is 3. The van der Waals surface area contributed by atoms with Crippen molar-refractivity contribution in [3.63, 3.8) is 0 Å². The molecular weight excluding hydrogens is 460 g/mol. The molecule has 5 rings (SSSR count). The molecule has 0 amide bonds. The highest BCUT2D eigenvalue weighted by Gasteiger charge is 2.23. The first-order valence-corrected chi connectivity index (χ1v) is 11.7. The van der Waals surface area contributed by atoms with Crippen LogP contribution in [0.3, 0.4) is 0 Å². The number of para-hydroxylation sites is 1. The minimum absolute atomic E-state index is 0.232. The van der Waals surface area contributed by atoms with Crippen LogP contribution in [0.15, 0.2) is 77.9 Å². The Bertz CT molecular complexity index is 1640. The van der Waals surface area contributed by atoms with Crippen molar-refractivity contribution in [1.29, 1.82) is 5.26 Å². The number of rotatable bonds is 6. The Morgan fingerprint density at radius 2 is 1.89 bits per heavy atom. The Hall–Kier alpha value is -4.28. The van der Waals surface area contributed by atoms with Crippen LogP contribution in [0.5, 0.6) is 0 Å². The van der Waals surface area contributed by atoms with E-state index in [1.807, 2.05) is 30.3 Å². The molecule has 0 aliphatic heterocycles. The molecule has 1 atom stereocenters. The molecule has 0 fully saturated rings. The van der Waals surface area contributed by atoms with Crippen LogP contribution in [0.2, 0.25) is 5.02 Å². The van der Waals surface area contributed by atoms with Crippen LogP contribution < -0.4 is 10.9 Å². The van der Waals surface area contributed by atoms with Gasteiger partial charge in [0.05, 0.1) is 44.8 Å². The number of nitrogens with zero attached hydrogens (tertiary/aromatic N) is 5. The van der Waals surface area contributed by atoms with Gasteiger partial charge in [-0.25, -0.2) is 15.0 Å². The van der Waals surface area contributed by atoms with E-state index in [9.17, 15) is 10.1 Å². The highest BCUT2D eigenvalue weighted by Crippen LogP contribution is 2.29. The molecule has 0 radical (unpaired) electrons. The SMILES string of the molecule is CCCC(Nc1ncnc2ccc(C#N)cc12)c1nc2cccc(Cl)c2c(=O)n1-c1ccccc1. The number of halogens is 1. The Morgan fingerprint density at radius 3 is 2.66 bits per heavy atom. The summed E-state index contributed by atoms with van der Waals surface area (Å²) in [6, 6.07) is 21.8. The van der Waals surface area contributed by atoms with Crippen LogP contribution in [0.25, 0.3) is 27.5 Å². The van der Waals surface area contributed by atoms with Gasteiger partial charge in [-0.2, -0.15) is 5.26 Å². The third kappa shape index (κ3) is 4.20. The molecule has 7 nitrogen and oxygen atoms in total. The normalized spacial score (nSPS) is 11.9. The van der Waals surface area contributed by atoms with E-state index in [1.54, 1.807) is 41.0 Å². The lowest BCUT2D eigenvalue weighted by molar-refractivity contribution is 0.616. The molecule has 0 saturated heterocycles. The van der Waals surface area contributed by atoms with E-state index in [1.165, 1.54) is 6.33 Å². The predicted molar refractivity (Wildman–Crippen MR) is 138 cm³/mol. The highest BCUT2D eigenvalue weighted by molar-refractivity contribution is 6.35. The van der Waals surface area contributed by atoms with Crippen LogP contribution in [0, 0.1) is 11.3 Å². The van der Waals surface area contributed by atoms with E-state index in [4.69, 9.17) is 16.6 Å². The van der Waals surface area contributed by atoms with Gasteiger partial charge in [0, 0.05) is 5.39 Å². The van der Waals surface area contributed by atoms with Gasteiger partial charge in [0.2, 0.25) is 0 Å². The monoisotopic (exact) mass is 480 g/mol. The third-order valence-corrected chi connectivity index (χ3v) is 6.17. The van der Waals surface area contributed by atoms with Gasteiger partial charge in [-0.15, -0.1) is 0 Å². The van der Waals surface area contributed by atoms with Crippen molar-refractivity contribution < 1.29 is 0 Å². The van der Waals surface area contributed by atoms with Gasteiger partial charge in [-0.05, 0) is 48.9 Å². The fraction of sp³-hybridized carbons (Fsp3) is 0.148. The Labute approximate surface area is 206 Å². The highest BCUT2D eigenvalue weighted by atomic mass is 35.5. The van der Waals surface area contributed by atoms with E-state index in [2.05, 4.69) is 28.3 Å². The van der Waals surface area contributed by atoms with E-state index in [0.717, 1.165) is 17.3 Å². The van der Waals surface area contributed by atoms with Gasteiger partial charge < -0.3 is 5.32 Å². The smallest absolute Gasteiger partial charge is 0.267 e. The zero-order chi connectivity index (χ0) is 24.4. The molecule has 0 saturated carbocycles. The van der Waals surface area contributed by atoms with Crippen molar-refractivity contribution in [2.75, 3.05) is 5.32 Å². The van der Waals surface area contributed by atoms with E-state index < -0.39 is 0 Å². The number of hydrogen-bond acceptors (Lipinski definition) is 6. The summed E-state index contributed by atoms with van der Waals surface area (Å²) in [6.07, 6.45) is 3.01. The summed E-state index contributed by atoms with van der Waals surface area (Å²) in [4.78, 5) is 27.5. The number of hydrogen-bond donors (Lipinski definition) is 1. The first-order chi connectivity index (χ1) is 17.1. The van der Waals surface area contributed by atoms with E-state index in [0.29, 0.717) is 45.2 Å². The lowest BCUT2D eigenvalue weighted by atomic mass is 10.1. The zero-order valence-electron chi connectivity index (χ0n) is 18.9. The number of nitrogens with one attached hydrogen (secondary N) is 1. The first-order valence-electron chi connectivity index (χ1n) is 11.3. The fourth-order valence-electron chi connectivity index (χ4n) is 4.23. The average molecular weight is 481 g/mol. The molecule has 35 heavy (non-hydrogen) atoms. The molecule has 1 unspecified atom stereocenters. The lowest BCUT2D eigenvalue weighted by Gasteiger charge is -2.23. The fourth-order valence-corrected chi connectivity index (χ4v) is 4.48. The van der Waals surface area contributed by atoms with Crippen LogP contribution in [-0.4, -0.2) is 19.5 Å². The molecule has 1 N–H and O–H groups in total. The van der Waals surface area contributed by atoms with Crippen LogP contribution in [0.1, 0.15) is 37.2 Å². The van der Waals surface area contributed by atoms with E-state index in [-0.39, 0.29) is 11.6 Å².